The quantitative estimate of drug-likeness (QED) is 0.731. The van der Waals surface area contributed by atoms with Crippen LogP contribution in [0.5, 0.6) is 5.75 Å². The molecule has 16 heavy (non-hydrogen) atoms. The van der Waals surface area contributed by atoms with Crippen LogP contribution < -0.4 is 4.74 Å². The largest absolute Gasteiger partial charge is 0.493 e. The van der Waals surface area contributed by atoms with Gasteiger partial charge in [-0.1, -0.05) is 12.1 Å². The molecular formula is C14H17FO. The van der Waals surface area contributed by atoms with Gasteiger partial charge in [0.25, 0.3) is 0 Å². The van der Waals surface area contributed by atoms with Crippen molar-refractivity contribution in [1.29, 1.82) is 0 Å². The molecule has 1 saturated carbocycles. The predicted molar refractivity (Wildman–Crippen MR) is 63.2 cm³/mol. The van der Waals surface area contributed by atoms with Gasteiger partial charge in [-0.15, -0.1) is 0 Å². The summed E-state index contributed by atoms with van der Waals surface area (Å²) in [7, 11) is 0. The third-order valence-electron chi connectivity index (χ3n) is 2.78. The van der Waals surface area contributed by atoms with Gasteiger partial charge in [-0.25, -0.2) is 4.39 Å². The van der Waals surface area contributed by atoms with Crippen molar-refractivity contribution >= 4 is 0 Å². The van der Waals surface area contributed by atoms with E-state index >= 15 is 0 Å². The Bertz CT molecular complexity index is 363. The molecule has 0 radical (unpaired) electrons. The Labute approximate surface area is 95.9 Å². The molecule has 0 unspecified atom stereocenters. The summed E-state index contributed by atoms with van der Waals surface area (Å²) in [6, 6.07) is 7.91. The van der Waals surface area contributed by atoms with Crippen LogP contribution in [0.1, 0.15) is 25.3 Å². The third-order valence-corrected chi connectivity index (χ3v) is 2.78. The van der Waals surface area contributed by atoms with Gasteiger partial charge in [0.05, 0.1) is 12.9 Å². The van der Waals surface area contributed by atoms with Gasteiger partial charge in [0.2, 0.25) is 0 Å². The van der Waals surface area contributed by atoms with Crippen LogP contribution in [0, 0.1) is 5.92 Å². The van der Waals surface area contributed by atoms with E-state index in [-0.39, 0.29) is 0 Å². The highest BCUT2D eigenvalue weighted by Crippen LogP contribution is 2.29. The first kappa shape index (κ1) is 11.2. The zero-order chi connectivity index (χ0) is 11.4. The lowest BCUT2D eigenvalue weighted by Crippen LogP contribution is -1.98. The number of hydrogen-bond donors (Lipinski definition) is 0. The molecule has 0 atom stereocenters. The number of hydrogen-bond acceptors (Lipinski definition) is 1. The molecular weight excluding hydrogens is 203 g/mol. The van der Waals surface area contributed by atoms with E-state index in [1.54, 1.807) is 6.92 Å². The maximum atomic E-state index is 12.2. The van der Waals surface area contributed by atoms with E-state index < -0.39 is 0 Å². The Morgan fingerprint density at radius 1 is 1.38 bits per heavy atom. The fourth-order valence-corrected chi connectivity index (χ4v) is 1.56. The van der Waals surface area contributed by atoms with Gasteiger partial charge in [-0.3, -0.25) is 0 Å². The summed E-state index contributed by atoms with van der Waals surface area (Å²) < 4.78 is 17.8. The van der Waals surface area contributed by atoms with Crippen molar-refractivity contribution in [2.24, 2.45) is 5.92 Å². The van der Waals surface area contributed by atoms with Gasteiger partial charge in [-0.2, -0.15) is 0 Å². The highest BCUT2D eigenvalue weighted by molar-refractivity contribution is 5.29. The summed E-state index contributed by atoms with van der Waals surface area (Å²) in [5, 5.41) is 0. The molecule has 1 aliphatic rings. The minimum atomic E-state index is 0.664. The van der Waals surface area contributed by atoms with Gasteiger partial charge >= 0.3 is 0 Å². The van der Waals surface area contributed by atoms with Gasteiger partial charge < -0.3 is 4.74 Å². The van der Waals surface area contributed by atoms with Crippen molar-refractivity contribution in [3.8, 4) is 5.75 Å². The van der Waals surface area contributed by atoms with Crippen LogP contribution in [0.3, 0.4) is 0 Å². The second kappa shape index (κ2) is 5.15. The number of allylic oxidation sites excluding steroid dienone is 1. The maximum Gasteiger partial charge on any atom is 0.119 e. The Balaban J connectivity index is 1.87. The number of benzene rings is 1. The van der Waals surface area contributed by atoms with Crippen LogP contribution in [0.25, 0.3) is 0 Å². The first-order valence-corrected chi connectivity index (χ1v) is 5.75. The zero-order valence-corrected chi connectivity index (χ0v) is 9.58. The summed E-state index contributed by atoms with van der Waals surface area (Å²) in [5.74, 6) is 1.69. The zero-order valence-electron chi connectivity index (χ0n) is 9.58. The minimum absolute atomic E-state index is 0.664. The van der Waals surface area contributed by atoms with Crippen molar-refractivity contribution in [2.75, 3.05) is 6.61 Å². The highest BCUT2D eigenvalue weighted by atomic mass is 19.1. The Morgan fingerprint density at radius 3 is 2.62 bits per heavy atom. The van der Waals surface area contributed by atoms with E-state index in [0.29, 0.717) is 12.8 Å². The molecule has 0 saturated heterocycles. The smallest absolute Gasteiger partial charge is 0.119 e. The molecule has 86 valence electrons. The molecule has 0 bridgehead atoms. The van der Waals surface area contributed by atoms with Crippen LogP contribution in [0.15, 0.2) is 36.2 Å². The van der Waals surface area contributed by atoms with Crippen molar-refractivity contribution in [3.05, 3.63) is 41.7 Å². The second-order valence-corrected chi connectivity index (χ2v) is 4.53. The van der Waals surface area contributed by atoms with Gasteiger partial charge in [0.1, 0.15) is 5.75 Å². The van der Waals surface area contributed by atoms with Crippen molar-refractivity contribution < 1.29 is 9.13 Å². The lowest BCUT2D eigenvalue weighted by Gasteiger charge is -2.06. The Kier molecular flexibility index (Phi) is 3.60. The standard InChI is InChI=1S/C14H17FO/c1-11(9-15)8-12-4-6-14(7-5-12)16-10-13-2-3-13/h4-7,9,13H,2-3,8,10H2,1H3/b11-9-. The summed E-state index contributed by atoms with van der Waals surface area (Å²) in [6.07, 6.45) is 3.94. The fraction of sp³-hybridized carbons (Fsp3) is 0.429. The van der Waals surface area contributed by atoms with Crippen LogP contribution >= 0.6 is 0 Å². The SMILES string of the molecule is C/C(=C/F)Cc1ccc(OCC2CC2)cc1. The molecule has 2 heteroatoms. The van der Waals surface area contributed by atoms with Crippen LogP contribution in [0.2, 0.25) is 0 Å². The average Bonchev–Trinajstić information content (AvgIpc) is 3.12. The molecule has 0 N–H and O–H groups in total. The monoisotopic (exact) mass is 220 g/mol. The highest BCUT2D eigenvalue weighted by Gasteiger charge is 2.21. The summed E-state index contributed by atoms with van der Waals surface area (Å²) in [6.45, 7) is 2.63. The molecule has 1 aliphatic carbocycles. The van der Waals surface area contributed by atoms with Crippen LogP contribution in [0.4, 0.5) is 4.39 Å². The minimum Gasteiger partial charge on any atom is -0.493 e. The normalized spacial score (nSPS) is 16.2. The molecule has 1 fully saturated rings. The van der Waals surface area contributed by atoms with E-state index in [9.17, 15) is 4.39 Å². The van der Waals surface area contributed by atoms with E-state index in [4.69, 9.17) is 4.74 Å². The Hall–Kier alpha value is -1.31. The predicted octanol–water partition coefficient (Wildman–Crippen LogP) is 3.89. The van der Waals surface area contributed by atoms with Gasteiger partial charge in [0, 0.05) is 0 Å². The van der Waals surface area contributed by atoms with E-state index in [2.05, 4.69) is 0 Å². The van der Waals surface area contributed by atoms with Crippen molar-refractivity contribution in [1.82, 2.24) is 0 Å². The molecule has 2 rings (SSSR count). The summed E-state index contributed by atoms with van der Waals surface area (Å²) in [5.41, 5.74) is 1.86. The first-order chi connectivity index (χ1) is 7.78. The Morgan fingerprint density at radius 2 is 2.06 bits per heavy atom. The van der Waals surface area contributed by atoms with Crippen molar-refractivity contribution in [3.63, 3.8) is 0 Å². The number of rotatable bonds is 5. The maximum absolute atomic E-state index is 12.2. The second-order valence-electron chi connectivity index (χ2n) is 4.53. The van der Waals surface area contributed by atoms with E-state index in [1.165, 1.54) is 12.8 Å². The molecule has 0 aromatic heterocycles. The first-order valence-electron chi connectivity index (χ1n) is 5.75. The van der Waals surface area contributed by atoms with Gasteiger partial charge in [-0.05, 0) is 55.4 Å². The molecule has 0 spiro atoms. The molecule has 0 aliphatic heterocycles. The summed E-state index contributed by atoms with van der Waals surface area (Å²) in [4.78, 5) is 0. The molecule has 0 heterocycles. The van der Waals surface area contributed by atoms with Crippen LogP contribution in [-0.2, 0) is 6.42 Å². The van der Waals surface area contributed by atoms with E-state index in [0.717, 1.165) is 29.4 Å². The molecule has 1 nitrogen and oxygen atoms in total. The molecule has 0 amide bonds. The lowest BCUT2D eigenvalue weighted by atomic mass is 10.1. The van der Waals surface area contributed by atoms with Crippen LogP contribution in [-0.4, -0.2) is 6.61 Å². The number of halogens is 1. The number of ether oxygens (including phenoxy) is 1. The van der Waals surface area contributed by atoms with Crippen molar-refractivity contribution in [2.45, 2.75) is 26.2 Å². The average molecular weight is 220 g/mol. The van der Waals surface area contributed by atoms with Gasteiger partial charge in [0.15, 0.2) is 0 Å². The fourth-order valence-electron chi connectivity index (χ4n) is 1.56. The topological polar surface area (TPSA) is 9.23 Å². The third kappa shape index (κ3) is 3.37. The lowest BCUT2D eigenvalue weighted by molar-refractivity contribution is 0.299. The molecule has 1 aromatic rings. The van der Waals surface area contributed by atoms with E-state index in [1.807, 2.05) is 24.3 Å². The molecule has 1 aromatic carbocycles. The summed E-state index contributed by atoms with van der Waals surface area (Å²) >= 11 is 0.